The van der Waals surface area contributed by atoms with E-state index in [2.05, 4.69) is 43.4 Å². The summed E-state index contributed by atoms with van der Waals surface area (Å²) in [5.74, 6) is 0.248. The fraction of sp³-hybridized carbons (Fsp3) is 0.588. The van der Waals surface area contributed by atoms with Crippen molar-refractivity contribution in [2.75, 3.05) is 25.6 Å². The van der Waals surface area contributed by atoms with E-state index in [1.807, 2.05) is 12.1 Å². The van der Waals surface area contributed by atoms with Crippen molar-refractivity contribution in [3.63, 3.8) is 0 Å². The lowest BCUT2D eigenvalue weighted by Crippen LogP contribution is -2.52. The summed E-state index contributed by atoms with van der Waals surface area (Å²) < 4.78 is 39.0. The van der Waals surface area contributed by atoms with Crippen molar-refractivity contribution in [1.82, 2.24) is 4.90 Å². The molecule has 0 unspecified atom stereocenters. The summed E-state index contributed by atoms with van der Waals surface area (Å²) in [5, 5.41) is 0. The van der Waals surface area contributed by atoms with Gasteiger partial charge in [-0.25, -0.2) is 0 Å². The van der Waals surface area contributed by atoms with E-state index in [4.69, 9.17) is 0 Å². The molecule has 0 aromatic heterocycles. The first kappa shape index (κ1) is 22.0. The predicted molar refractivity (Wildman–Crippen MR) is 97.9 cm³/mol. The van der Waals surface area contributed by atoms with Crippen molar-refractivity contribution in [3.05, 3.63) is 29.8 Å². The molecule has 1 aromatic carbocycles. The van der Waals surface area contributed by atoms with Gasteiger partial charge in [0.15, 0.2) is 10.7 Å². The average Bonchev–Trinajstić information content (AvgIpc) is 2.53. The van der Waals surface area contributed by atoms with Crippen molar-refractivity contribution in [1.29, 1.82) is 0 Å². The summed E-state index contributed by atoms with van der Waals surface area (Å²) >= 11 is 0. The van der Waals surface area contributed by atoms with E-state index in [0.29, 0.717) is 0 Å². The van der Waals surface area contributed by atoms with Crippen molar-refractivity contribution in [3.8, 4) is 0 Å². The fourth-order valence-electron chi connectivity index (χ4n) is 2.83. The maximum absolute atomic E-state index is 12.8. The maximum atomic E-state index is 12.8. The monoisotopic (exact) mass is 379 g/mol. The van der Waals surface area contributed by atoms with Crippen molar-refractivity contribution in [2.24, 2.45) is 0 Å². The van der Waals surface area contributed by atoms with Crippen LogP contribution in [0.25, 0.3) is 0 Å². The van der Waals surface area contributed by atoms with E-state index >= 15 is 0 Å². The second kappa shape index (κ2) is 9.08. The minimum atomic E-state index is -6.00. The summed E-state index contributed by atoms with van der Waals surface area (Å²) in [6.45, 7) is 6.23. The molecule has 8 heteroatoms. The Balaban J connectivity index is 0.000000550. The van der Waals surface area contributed by atoms with Gasteiger partial charge in [0.05, 0.1) is 5.54 Å². The minimum absolute atomic E-state index is 0.248. The van der Waals surface area contributed by atoms with Gasteiger partial charge in [-0.2, -0.15) is 0 Å². The lowest BCUT2D eigenvalue weighted by atomic mass is 9.89. The molecule has 1 aromatic rings. The maximum Gasteiger partial charge on any atom is 0.673 e. The molecule has 0 radical (unpaired) electrons. The number of ketones is 1. The smallest absolute Gasteiger partial charge is 0.418 e. The predicted octanol–water partition coefficient (Wildman–Crippen LogP) is 4.67. The first-order valence-corrected chi connectivity index (χ1v) is 10.3. The SMILES string of the molecule is C[S+](C)c1ccc(C(=O)C(C)(C)N2CCCCC2)cc1.F[B-](F)(F)F. The molecule has 25 heavy (non-hydrogen) atoms. The summed E-state index contributed by atoms with van der Waals surface area (Å²) in [6.07, 6.45) is 8.13. The summed E-state index contributed by atoms with van der Waals surface area (Å²) in [6, 6.07) is 8.19. The van der Waals surface area contributed by atoms with Gasteiger partial charge in [0.1, 0.15) is 12.5 Å². The molecule has 1 aliphatic rings. The topological polar surface area (TPSA) is 20.3 Å². The molecule has 1 fully saturated rings. The van der Waals surface area contributed by atoms with Gasteiger partial charge >= 0.3 is 7.25 Å². The molecule has 1 heterocycles. The number of carbonyl (C=O) groups excluding carboxylic acids is 1. The van der Waals surface area contributed by atoms with Gasteiger partial charge in [0, 0.05) is 16.5 Å². The Morgan fingerprint density at radius 2 is 1.44 bits per heavy atom. The Labute approximate surface area is 150 Å². The lowest BCUT2D eigenvalue weighted by molar-refractivity contribution is 0.0579. The van der Waals surface area contributed by atoms with Crippen LogP contribution in [-0.4, -0.2) is 49.1 Å². The number of likely N-dealkylation sites (tertiary alicyclic amines) is 1. The number of hydrogen-bond donors (Lipinski definition) is 0. The summed E-state index contributed by atoms with van der Waals surface area (Å²) in [5.41, 5.74) is 0.456. The van der Waals surface area contributed by atoms with Crippen LogP contribution >= 0.6 is 0 Å². The lowest BCUT2D eigenvalue weighted by Gasteiger charge is -2.39. The number of rotatable bonds is 4. The summed E-state index contributed by atoms with van der Waals surface area (Å²) in [7, 11) is -5.75. The highest BCUT2D eigenvalue weighted by Crippen LogP contribution is 2.25. The highest BCUT2D eigenvalue weighted by atomic mass is 32.2. The van der Waals surface area contributed by atoms with Crippen molar-refractivity contribution in [2.45, 2.75) is 43.5 Å². The van der Waals surface area contributed by atoms with Crippen LogP contribution in [0.3, 0.4) is 0 Å². The molecule has 0 N–H and O–H groups in total. The van der Waals surface area contributed by atoms with Crippen LogP contribution in [0.2, 0.25) is 0 Å². The molecule has 0 aliphatic carbocycles. The van der Waals surface area contributed by atoms with Crippen molar-refractivity contribution >= 4 is 23.9 Å². The molecule has 0 spiro atoms. The zero-order valence-corrected chi connectivity index (χ0v) is 16.0. The molecule has 0 saturated carbocycles. The first-order chi connectivity index (χ1) is 11.4. The van der Waals surface area contributed by atoms with E-state index in [1.165, 1.54) is 24.2 Å². The second-order valence-corrected chi connectivity index (χ2v) is 8.88. The van der Waals surface area contributed by atoms with Gasteiger partial charge in [0.2, 0.25) is 0 Å². The third kappa shape index (κ3) is 7.40. The molecular weight excluding hydrogens is 353 g/mol. The first-order valence-electron chi connectivity index (χ1n) is 8.28. The Morgan fingerprint density at radius 1 is 1.00 bits per heavy atom. The zero-order valence-electron chi connectivity index (χ0n) is 15.2. The minimum Gasteiger partial charge on any atom is -0.418 e. The van der Waals surface area contributed by atoms with E-state index in [1.54, 1.807) is 0 Å². The Morgan fingerprint density at radius 3 is 1.84 bits per heavy atom. The van der Waals surface area contributed by atoms with Gasteiger partial charge in [-0.1, -0.05) is 6.42 Å². The molecule has 0 bridgehead atoms. The third-order valence-corrected chi connectivity index (χ3v) is 5.51. The van der Waals surface area contributed by atoms with Crippen molar-refractivity contribution < 1.29 is 22.1 Å². The van der Waals surface area contributed by atoms with Gasteiger partial charge in [0.25, 0.3) is 0 Å². The Hall–Kier alpha value is -1.02. The van der Waals surface area contributed by atoms with Crippen LogP contribution in [0.4, 0.5) is 17.3 Å². The average molecular weight is 379 g/mol. The molecule has 0 amide bonds. The highest BCUT2D eigenvalue weighted by Gasteiger charge is 2.35. The number of hydrogen-bond acceptors (Lipinski definition) is 2. The number of benzene rings is 1. The number of halogens is 4. The normalized spacial score (nSPS) is 16.4. The zero-order chi connectivity index (χ0) is 19.3. The number of nitrogens with zero attached hydrogens (tertiary/aromatic N) is 1. The molecule has 2 rings (SSSR count). The van der Waals surface area contributed by atoms with Crippen LogP contribution in [0.5, 0.6) is 0 Å². The number of carbonyl (C=O) groups is 1. The number of Topliss-reactive ketones (excluding diaryl/α,β-unsaturated/α-hetero) is 1. The van der Waals surface area contributed by atoms with Gasteiger partial charge < -0.3 is 17.3 Å². The van der Waals surface area contributed by atoms with E-state index in [9.17, 15) is 22.1 Å². The van der Waals surface area contributed by atoms with E-state index < -0.39 is 7.25 Å². The van der Waals surface area contributed by atoms with Crippen LogP contribution in [0.1, 0.15) is 43.5 Å². The molecule has 0 atom stereocenters. The summed E-state index contributed by atoms with van der Waals surface area (Å²) in [4.78, 5) is 16.5. The van der Waals surface area contributed by atoms with Gasteiger partial charge in [-0.05, 0) is 64.0 Å². The molecule has 2 nitrogen and oxygen atoms in total. The van der Waals surface area contributed by atoms with E-state index in [0.717, 1.165) is 18.7 Å². The van der Waals surface area contributed by atoms with Gasteiger partial charge in [-0.3, -0.25) is 9.69 Å². The number of piperidine rings is 1. The second-order valence-electron chi connectivity index (χ2n) is 6.77. The Bertz CT molecular complexity index is 549. The standard InChI is InChI=1S/C17H26NOS.BF4/c1-17(2,18-12-6-5-7-13-18)16(19)14-8-10-15(11-9-14)20(3)4;2-1(3,4)5/h8-11H,5-7,12-13H2,1-4H3;/q+1;-1. The van der Waals surface area contributed by atoms with Crippen LogP contribution in [-0.2, 0) is 10.9 Å². The van der Waals surface area contributed by atoms with Gasteiger partial charge in [-0.15, -0.1) is 0 Å². The fourth-order valence-corrected chi connectivity index (χ4v) is 3.51. The molecule has 1 aliphatic heterocycles. The molecular formula is C17H26BF4NOS. The highest BCUT2D eigenvalue weighted by molar-refractivity contribution is 7.95. The third-order valence-electron chi connectivity index (χ3n) is 4.29. The quantitative estimate of drug-likeness (QED) is 0.328. The molecule has 1 saturated heterocycles. The largest absolute Gasteiger partial charge is 0.673 e. The van der Waals surface area contributed by atoms with Crippen LogP contribution in [0, 0.1) is 0 Å². The van der Waals surface area contributed by atoms with Crippen LogP contribution < -0.4 is 0 Å². The van der Waals surface area contributed by atoms with E-state index in [-0.39, 0.29) is 22.2 Å². The Kier molecular flexibility index (Phi) is 8.00. The molecule has 142 valence electrons. The van der Waals surface area contributed by atoms with Crippen LogP contribution in [0.15, 0.2) is 29.2 Å².